The Morgan fingerprint density at radius 1 is 1.14 bits per heavy atom. The van der Waals surface area contributed by atoms with Crippen molar-refractivity contribution in [2.45, 2.75) is 32.2 Å². The zero-order valence-corrected chi connectivity index (χ0v) is 16.9. The van der Waals surface area contributed by atoms with Crippen molar-refractivity contribution in [3.63, 3.8) is 0 Å². The fraction of sp³-hybridized carbons (Fsp3) is 0.273. The van der Waals surface area contributed by atoms with Crippen LogP contribution in [0.3, 0.4) is 0 Å². The van der Waals surface area contributed by atoms with Crippen molar-refractivity contribution in [2.24, 2.45) is 0 Å². The second kappa shape index (κ2) is 9.47. The maximum absolute atomic E-state index is 12.1. The van der Waals surface area contributed by atoms with E-state index < -0.39 is 5.97 Å². The third-order valence-corrected chi connectivity index (χ3v) is 5.24. The number of ether oxygens (including phenoxy) is 1. The number of aromatic hydroxyl groups is 2. The van der Waals surface area contributed by atoms with E-state index in [-0.39, 0.29) is 22.1 Å². The van der Waals surface area contributed by atoms with Gasteiger partial charge in [0.25, 0.3) is 0 Å². The van der Waals surface area contributed by atoms with Gasteiger partial charge in [-0.1, -0.05) is 41.9 Å². The van der Waals surface area contributed by atoms with Gasteiger partial charge in [0.05, 0.1) is 12.1 Å². The molecule has 0 saturated carbocycles. The number of hydrogen-bond acceptors (Lipinski definition) is 5. The minimum atomic E-state index is -0.703. The van der Waals surface area contributed by atoms with Crippen LogP contribution < -0.4 is 0 Å². The van der Waals surface area contributed by atoms with Gasteiger partial charge in [-0.05, 0) is 30.4 Å². The summed E-state index contributed by atoms with van der Waals surface area (Å²) in [5.41, 5.74) is 1.60. The van der Waals surface area contributed by atoms with Crippen molar-refractivity contribution >= 4 is 17.6 Å². The molecular weight excluding hydrogens is 392 g/mol. The summed E-state index contributed by atoms with van der Waals surface area (Å²) in [5, 5.41) is 20.1. The molecule has 2 aromatic carbocycles. The van der Waals surface area contributed by atoms with Gasteiger partial charge in [0.15, 0.2) is 0 Å². The van der Waals surface area contributed by atoms with Gasteiger partial charge >= 0.3 is 5.97 Å². The number of nitrogens with zero attached hydrogens (tertiary/aromatic N) is 2. The minimum absolute atomic E-state index is 0.0301. The first-order valence-electron chi connectivity index (χ1n) is 9.36. The van der Waals surface area contributed by atoms with Crippen molar-refractivity contribution in [3.05, 3.63) is 76.3 Å². The molecule has 0 bridgehead atoms. The molecule has 152 valence electrons. The van der Waals surface area contributed by atoms with Crippen LogP contribution in [0.25, 0.3) is 0 Å². The van der Waals surface area contributed by atoms with Gasteiger partial charge in [-0.15, -0.1) is 0 Å². The summed E-state index contributed by atoms with van der Waals surface area (Å²) >= 11 is 6.21. The Morgan fingerprint density at radius 3 is 2.62 bits per heavy atom. The molecule has 1 aromatic heterocycles. The zero-order chi connectivity index (χ0) is 20.8. The lowest BCUT2D eigenvalue weighted by atomic mass is 10.0. The molecule has 6 nitrogen and oxygen atoms in total. The largest absolute Gasteiger partial charge is 0.507 e. The number of hydrogen-bond donors (Lipinski definition) is 2. The van der Waals surface area contributed by atoms with E-state index in [1.165, 1.54) is 12.7 Å². The van der Waals surface area contributed by atoms with Crippen LogP contribution in [0, 0.1) is 0 Å². The van der Waals surface area contributed by atoms with Crippen molar-refractivity contribution < 1.29 is 19.7 Å². The van der Waals surface area contributed by atoms with E-state index in [1.807, 2.05) is 24.4 Å². The highest BCUT2D eigenvalue weighted by Gasteiger charge is 2.23. The number of methoxy groups -OCH3 is 1. The lowest BCUT2D eigenvalue weighted by Crippen LogP contribution is -2.10. The Bertz CT molecular complexity index is 986. The Labute approximate surface area is 174 Å². The monoisotopic (exact) mass is 414 g/mol. The van der Waals surface area contributed by atoms with Crippen LogP contribution >= 0.6 is 11.6 Å². The van der Waals surface area contributed by atoms with E-state index in [0.717, 1.165) is 31.3 Å². The molecular formula is C22H23ClN2O4. The van der Waals surface area contributed by atoms with E-state index in [0.29, 0.717) is 18.4 Å². The predicted octanol–water partition coefficient (Wildman–Crippen LogP) is 4.15. The molecule has 2 N–H and O–H groups in total. The molecule has 0 radical (unpaired) electrons. The van der Waals surface area contributed by atoms with Crippen LogP contribution in [0.5, 0.6) is 11.5 Å². The molecule has 0 spiro atoms. The number of rotatable bonds is 8. The fourth-order valence-corrected chi connectivity index (χ4v) is 3.60. The van der Waals surface area contributed by atoms with E-state index in [4.69, 9.17) is 16.3 Å². The molecule has 0 fully saturated rings. The Morgan fingerprint density at radius 2 is 1.90 bits per heavy atom. The predicted molar refractivity (Wildman–Crippen MR) is 111 cm³/mol. The maximum atomic E-state index is 12.1. The third-order valence-electron chi connectivity index (χ3n) is 4.82. The number of aromatic nitrogens is 2. The number of benzene rings is 2. The molecule has 0 aliphatic rings. The van der Waals surface area contributed by atoms with Gasteiger partial charge in [0.2, 0.25) is 0 Å². The summed E-state index contributed by atoms with van der Waals surface area (Å²) in [6, 6.07) is 11.3. The van der Waals surface area contributed by atoms with Gasteiger partial charge in [-0.2, -0.15) is 0 Å². The average Bonchev–Trinajstić information content (AvgIpc) is 3.17. The van der Waals surface area contributed by atoms with Gasteiger partial charge in [-0.25, -0.2) is 9.78 Å². The molecule has 1 heterocycles. The number of aryl methyl sites for hydroxylation is 3. The first-order valence-corrected chi connectivity index (χ1v) is 9.74. The molecule has 0 unspecified atom stereocenters. The summed E-state index contributed by atoms with van der Waals surface area (Å²) in [4.78, 5) is 16.5. The topological polar surface area (TPSA) is 84.6 Å². The van der Waals surface area contributed by atoms with E-state index in [9.17, 15) is 15.0 Å². The summed E-state index contributed by atoms with van der Waals surface area (Å²) in [6.45, 7) is 0.813. The van der Waals surface area contributed by atoms with Gasteiger partial charge in [0, 0.05) is 31.4 Å². The van der Waals surface area contributed by atoms with Gasteiger partial charge in [-0.3, -0.25) is 0 Å². The van der Waals surface area contributed by atoms with Crippen LogP contribution in [0.15, 0.2) is 48.8 Å². The van der Waals surface area contributed by atoms with Crippen molar-refractivity contribution in [3.8, 4) is 11.5 Å². The summed E-state index contributed by atoms with van der Waals surface area (Å²) in [7, 11) is 1.23. The van der Waals surface area contributed by atoms with Crippen LogP contribution in [0.2, 0.25) is 5.02 Å². The minimum Gasteiger partial charge on any atom is -0.507 e. The number of phenols is 2. The van der Waals surface area contributed by atoms with Crippen molar-refractivity contribution in [1.82, 2.24) is 9.55 Å². The van der Waals surface area contributed by atoms with E-state index >= 15 is 0 Å². The van der Waals surface area contributed by atoms with Crippen molar-refractivity contribution in [1.29, 1.82) is 0 Å². The van der Waals surface area contributed by atoms with Crippen LogP contribution in [0.4, 0.5) is 0 Å². The van der Waals surface area contributed by atoms with E-state index in [1.54, 1.807) is 6.20 Å². The fourth-order valence-electron chi connectivity index (χ4n) is 3.36. The SMILES string of the molecule is COC(=O)c1c(O)cc(O)c(Cl)c1CCc1nccn1CCCc1ccccc1. The third kappa shape index (κ3) is 4.90. The zero-order valence-electron chi connectivity index (χ0n) is 16.1. The molecule has 0 saturated heterocycles. The Balaban J connectivity index is 1.71. The molecule has 0 aliphatic heterocycles. The second-order valence-electron chi connectivity index (χ2n) is 6.70. The Kier molecular flexibility index (Phi) is 6.77. The smallest absolute Gasteiger partial charge is 0.341 e. The lowest BCUT2D eigenvalue weighted by Gasteiger charge is -2.14. The average molecular weight is 415 g/mol. The van der Waals surface area contributed by atoms with Gasteiger partial charge in [0.1, 0.15) is 22.9 Å². The number of halogens is 1. The summed E-state index contributed by atoms with van der Waals surface area (Å²) in [5.74, 6) is -0.503. The van der Waals surface area contributed by atoms with Gasteiger partial charge < -0.3 is 19.5 Å². The summed E-state index contributed by atoms with van der Waals surface area (Å²) in [6.07, 6.45) is 6.40. The van der Waals surface area contributed by atoms with Crippen LogP contribution in [0.1, 0.15) is 33.7 Å². The van der Waals surface area contributed by atoms with Crippen LogP contribution in [-0.2, 0) is 30.5 Å². The number of esters is 1. The molecule has 0 atom stereocenters. The normalized spacial score (nSPS) is 10.8. The van der Waals surface area contributed by atoms with Crippen molar-refractivity contribution in [2.75, 3.05) is 7.11 Å². The molecule has 7 heteroatoms. The highest BCUT2D eigenvalue weighted by atomic mass is 35.5. The van der Waals surface area contributed by atoms with Crippen LogP contribution in [-0.4, -0.2) is 32.8 Å². The number of carbonyl (C=O) groups excluding carboxylic acids is 1. The van der Waals surface area contributed by atoms with E-state index in [2.05, 4.69) is 21.7 Å². The molecule has 3 aromatic rings. The number of phenolic OH excluding ortho intramolecular Hbond substituents is 2. The molecule has 3 rings (SSSR count). The molecule has 29 heavy (non-hydrogen) atoms. The second-order valence-corrected chi connectivity index (χ2v) is 7.08. The first-order chi connectivity index (χ1) is 14.0. The molecule has 0 amide bonds. The standard InChI is InChI=1S/C22H23ClN2O4/c1-29-22(28)20-16(21(23)18(27)14-17(20)26)9-10-19-24-11-13-25(19)12-5-8-15-6-3-2-4-7-15/h2-4,6-7,11,13-14,26-27H,5,8-10,12H2,1H3. The quantitative estimate of drug-likeness (QED) is 0.541. The lowest BCUT2D eigenvalue weighted by molar-refractivity contribution is 0.0596. The first kappa shape index (κ1) is 20.7. The highest BCUT2D eigenvalue weighted by molar-refractivity contribution is 6.33. The number of carbonyl (C=O) groups is 1. The maximum Gasteiger partial charge on any atom is 0.341 e. The summed E-state index contributed by atoms with van der Waals surface area (Å²) < 4.78 is 6.82. The number of imidazole rings is 1. The Hall–Kier alpha value is -2.99. The highest BCUT2D eigenvalue weighted by Crippen LogP contribution is 2.37. The molecule has 0 aliphatic carbocycles.